The van der Waals surface area contributed by atoms with Crippen LogP contribution >= 0.6 is 0 Å². The average molecular weight is 1010 g/mol. The zero-order valence-electron chi connectivity index (χ0n) is 45.7. The van der Waals surface area contributed by atoms with Crippen molar-refractivity contribution in [3.8, 4) is 0 Å². The number of likely N-dealkylation sites (tertiary alicyclic amines) is 3. The van der Waals surface area contributed by atoms with Gasteiger partial charge in [0.1, 0.15) is 18.1 Å². The van der Waals surface area contributed by atoms with Crippen LogP contribution in [0.25, 0.3) is 0 Å². The lowest BCUT2D eigenvalue weighted by molar-refractivity contribution is -0.148. The summed E-state index contributed by atoms with van der Waals surface area (Å²) in [6.45, 7) is 12.9. The maximum Gasteiger partial charge on any atom is 0.326 e. The molecule has 0 bridgehead atoms. The predicted octanol–water partition coefficient (Wildman–Crippen LogP) is 8.05. The summed E-state index contributed by atoms with van der Waals surface area (Å²) in [6, 6.07) is -1.07. The first-order valence-electron chi connectivity index (χ1n) is 29.0. The van der Waals surface area contributed by atoms with E-state index in [1.54, 1.807) is 14.7 Å². The molecule has 3 heterocycles. The second-order valence-corrected chi connectivity index (χ2v) is 19.8. The number of carbonyl (C=O) groups excluding carboxylic acids is 5. The quantitative estimate of drug-likeness (QED) is 0.0295. The Morgan fingerprint density at radius 1 is 0.394 bits per heavy atom. The Morgan fingerprint density at radius 2 is 0.676 bits per heavy atom. The zero-order valence-corrected chi connectivity index (χ0v) is 45.7. The van der Waals surface area contributed by atoms with Crippen LogP contribution in [0.1, 0.15) is 239 Å². The highest BCUT2D eigenvalue weighted by atomic mass is 16.4. The fraction of sp³-hybridized carbons (Fsp3) is 0.891. The molecule has 0 radical (unpaired) electrons. The highest BCUT2D eigenvalue weighted by molar-refractivity contribution is 5.89. The van der Waals surface area contributed by atoms with Gasteiger partial charge in [-0.1, -0.05) is 130 Å². The summed E-state index contributed by atoms with van der Waals surface area (Å²) >= 11 is 0. The summed E-state index contributed by atoms with van der Waals surface area (Å²) < 4.78 is 0. The van der Waals surface area contributed by atoms with Crippen molar-refractivity contribution in [1.29, 1.82) is 0 Å². The lowest BCUT2D eigenvalue weighted by Crippen LogP contribution is -2.46. The predicted molar refractivity (Wildman–Crippen MR) is 290 cm³/mol. The van der Waals surface area contributed by atoms with Crippen LogP contribution in [0.4, 0.5) is 0 Å². The SMILES string of the molecule is CCCCCCCCC(=O)N1CCC[C@@H]1C(=O)NCCCN.CCCCCCCCC(=O)N1CCC[C@H]1C(=O)NCCCCCN.CCCCCCCCC(=O)N1CCC[C@H]1C(=O)O.NCCCCCN. The molecular weight excluding hydrogens is 899 g/mol. The Kier molecular flexibility index (Phi) is 45.4. The number of carboxylic acid groups (broad SMARTS) is 1. The number of rotatable bonds is 36. The number of amides is 5. The van der Waals surface area contributed by atoms with E-state index in [0.717, 1.165) is 135 Å². The van der Waals surface area contributed by atoms with Gasteiger partial charge in [0.2, 0.25) is 29.5 Å². The fourth-order valence-corrected chi connectivity index (χ4v) is 9.27. The number of hydrogen-bond acceptors (Lipinski definition) is 10. The molecule has 16 nitrogen and oxygen atoms in total. The van der Waals surface area contributed by atoms with Crippen LogP contribution in [-0.2, 0) is 28.8 Å². The molecule has 5 amide bonds. The summed E-state index contributed by atoms with van der Waals surface area (Å²) in [5.41, 5.74) is 21.3. The van der Waals surface area contributed by atoms with Crippen LogP contribution in [0, 0.1) is 0 Å². The van der Waals surface area contributed by atoms with Crippen LogP contribution in [-0.4, -0.2) is 132 Å². The van der Waals surface area contributed by atoms with Crippen molar-refractivity contribution in [3.63, 3.8) is 0 Å². The van der Waals surface area contributed by atoms with Gasteiger partial charge in [0, 0.05) is 52.0 Å². The van der Waals surface area contributed by atoms with Crippen molar-refractivity contribution >= 4 is 35.5 Å². The lowest BCUT2D eigenvalue weighted by atomic mass is 10.1. The molecule has 11 N–H and O–H groups in total. The Hall–Kier alpha value is -3.34. The smallest absolute Gasteiger partial charge is 0.326 e. The third-order valence-corrected chi connectivity index (χ3v) is 13.6. The maximum absolute atomic E-state index is 12.4. The first kappa shape index (κ1) is 67.7. The summed E-state index contributed by atoms with van der Waals surface area (Å²) in [6.07, 6.45) is 34.8. The van der Waals surface area contributed by atoms with Crippen molar-refractivity contribution in [2.24, 2.45) is 22.9 Å². The van der Waals surface area contributed by atoms with Crippen molar-refractivity contribution in [1.82, 2.24) is 25.3 Å². The van der Waals surface area contributed by atoms with Crippen molar-refractivity contribution in [3.05, 3.63) is 0 Å². The Labute approximate surface area is 432 Å². The van der Waals surface area contributed by atoms with Gasteiger partial charge in [-0.2, -0.15) is 0 Å². The van der Waals surface area contributed by atoms with Gasteiger partial charge in [-0.25, -0.2) is 4.79 Å². The summed E-state index contributed by atoms with van der Waals surface area (Å²) in [4.78, 5) is 77.2. The Bertz CT molecular complexity index is 1360. The van der Waals surface area contributed by atoms with Gasteiger partial charge in [0.05, 0.1) is 0 Å². The molecule has 3 atom stereocenters. The number of nitrogens with two attached hydrogens (primary N) is 4. The highest BCUT2D eigenvalue weighted by Gasteiger charge is 2.35. The van der Waals surface area contributed by atoms with E-state index in [0.29, 0.717) is 58.4 Å². The van der Waals surface area contributed by atoms with Crippen LogP contribution in [0.15, 0.2) is 0 Å². The second-order valence-electron chi connectivity index (χ2n) is 19.8. The van der Waals surface area contributed by atoms with Gasteiger partial charge in [0.25, 0.3) is 0 Å². The first-order chi connectivity index (χ1) is 34.5. The molecule has 3 rings (SSSR count). The largest absolute Gasteiger partial charge is 0.480 e. The molecule has 0 aromatic heterocycles. The van der Waals surface area contributed by atoms with Gasteiger partial charge in [0.15, 0.2) is 0 Å². The van der Waals surface area contributed by atoms with E-state index in [4.69, 9.17) is 28.0 Å². The molecule has 3 aliphatic rings. The van der Waals surface area contributed by atoms with E-state index < -0.39 is 12.0 Å². The summed E-state index contributed by atoms with van der Waals surface area (Å²) in [5, 5.41) is 14.9. The van der Waals surface area contributed by atoms with Crippen LogP contribution < -0.4 is 33.6 Å². The minimum Gasteiger partial charge on any atom is -0.480 e. The topological polar surface area (TPSA) is 261 Å². The number of nitrogens with one attached hydrogen (secondary N) is 2. The van der Waals surface area contributed by atoms with E-state index in [2.05, 4.69) is 31.4 Å². The van der Waals surface area contributed by atoms with E-state index in [1.807, 2.05) is 0 Å². The van der Waals surface area contributed by atoms with E-state index >= 15 is 0 Å². The average Bonchev–Trinajstić information content (AvgIpc) is 4.18. The Balaban J connectivity index is 0.000000975. The normalized spacial score (nSPS) is 17.1. The summed E-state index contributed by atoms with van der Waals surface area (Å²) in [5.74, 6) is -0.517. The molecule has 3 aliphatic heterocycles. The van der Waals surface area contributed by atoms with E-state index in [-0.39, 0.29) is 41.6 Å². The molecule has 0 spiro atoms. The number of hydrogen-bond donors (Lipinski definition) is 7. The van der Waals surface area contributed by atoms with Gasteiger partial charge >= 0.3 is 5.97 Å². The molecule has 0 aromatic carbocycles. The van der Waals surface area contributed by atoms with Gasteiger partial charge in [-0.3, -0.25) is 24.0 Å². The third-order valence-electron chi connectivity index (χ3n) is 13.6. The highest BCUT2D eigenvalue weighted by Crippen LogP contribution is 2.22. The molecule has 3 fully saturated rings. The monoisotopic (exact) mass is 1010 g/mol. The fourth-order valence-electron chi connectivity index (χ4n) is 9.27. The van der Waals surface area contributed by atoms with Crippen molar-refractivity contribution < 1.29 is 33.9 Å². The van der Waals surface area contributed by atoms with Gasteiger partial charge in [-0.05, 0) is 116 Å². The molecule has 0 saturated carbocycles. The molecule has 0 aromatic rings. The lowest BCUT2D eigenvalue weighted by Gasteiger charge is -2.24. The van der Waals surface area contributed by atoms with Gasteiger partial charge < -0.3 is 53.4 Å². The van der Waals surface area contributed by atoms with Crippen molar-refractivity contribution in [2.45, 2.75) is 257 Å². The van der Waals surface area contributed by atoms with E-state index in [1.165, 1.54) is 83.5 Å². The Morgan fingerprint density at radius 3 is 1.01 bits per heavy atom. The molecule has 71 heavy (non-hydrogen) atoms. The zero-order chi connectivity index (χ0) is 52.7. The minimum atomic E-state index is -0.858. The second kappa shape index (κ2) is 47.7. The molecule has 16 heteroatoms. The molecule has 416 valence electrons. The van der Waals surface area contributed by atoms with Crippen molar-refractivity contribution in [2.75, 3.05) is 58.9 Å². The minimum absolute atomic E-state index is 0.0118. The van der Waals surface area contributed by atoms with E-state index in [9.17, 15) is 28.8 Å². The van der Waals surface area contributed by atoms with Gasteiger partial charge in [-0.15, -0.1) is 0 Å². The third kappa shape index (κ3) is 33.9. The molecule has 3 saturated heterocycles. The van der Waals surface area contributed by atoms with Crippen LogP contribution in [0.3, 0.4) is 0 Å². The van der Waals surface area contributed by atoms with Crippen LogP contribution in [0.5, 0.6) is 0 Å². The number of carbonyl (C=O) groups is 6. The van der Waals surface area contributed by atoms with Crippen LogP contribution in [0.2, 0.25) is 0 Å². The number of nitrogens with zero attached hydrogens (tertiary/aromatic N) is 3. The maximum atomic E-state index is 12.4. The molecular formula is C55H109N9O7. The number of aliphatic carboxylic acids is 1. The standard InChI is InChI=1S/C19H37N3O2.C17H33N3O2.C14H25NO3.C5H14N2/c1-2-3-4-5-6-8-13-18(23)22-16-11-12-17(22)19(24)21-15-10-7-9-14-20;1-2-3-4-5-6-7-11-16(21)20-14-8-10-15(20)17(22)19-13-9-12-18;1-2-3-4-5-6-7-10-13(16)15-11-8-9-12(15)14(17)18;6-4-2-1-3-5-7/h17H,2-16,20H2,1H3,(H,21,24);15H,2-14,18H2,1H3,(H,19,22);12H,2-11H2,1H3,(H,17,18);1-7H2/t17-;15-;12-;/m010./s1. The first-order valence-corrected chi connectivity index (χ1v) is 29.0. The summed E-state index contributed by atoms with van der Waals surface area (Å²) in [7, 11) is 0. The molecule has 0 unspecified atom stereocenters. The molecule has 0 aliphatic carbocycles. The number of carboxylic acids is 1. The number of unbranched alkanes of at least 4 members (excludes halogenated alkanes) is 19.